The number of aromatic nitrogens is 2. The maximum absolute atomic E-state index is 13.7. The van der Waals surface area contributed by atoms with Gasteiger partial charge in [-0.25, -0.2) is 4.39 Å². The fourth-order valence-electron chi connectivity index (χ4n) is 1.85. The van der Waals surface area contributed by atoms with E-state index in [2.05, 4.69) is 5.10 Å². The molecule has 0 bridgehead atoms. The van der Waals surface area contributed by atoms with Gasteiger partial charge in [0.15, 0.2) is 0 Å². The van der Waals surface area contributed by atoms with E-state index in [0.717, 1.165) is 12.1 Å². The van der Waals surface area contributed by atoms with Crippen molar-refractivity contribution in [2.24, 2.45) is 5.73 Å². The summed E-state index contributed by atoms with van der Waals surface area (Å²) in [7, 11) is 0. The van der Waals surface area contributed by atoms with Gasteiger partial charge in [0.1, 0.15) is 5.82 Å². The van der Waals surface area contributed by atoms with Crippen LogP contribution in [0, 0.1) is 5.82 Å². The van der Waals surface area contributed by atoms with Crippen molar-refractivity contribution in [2.45, 2.75) is 25.9 Å². The molecule has 0 aliphatic heterocycles. The zero-order chi connectivity index (χ0) is 13.1. The highest BCUT2D eigenvalue weighted by molar-refractivity contribution is 6.30. The van der Waals surface area contributed by atoms with E-state index in [1.807, 2.05) is 17.8 Å². The van der Waals surface area contributed by atoms with Gasteiger partial charge in [-0.2, -0.15) is 5.10 Å². The van der Waals surface area contributed by atoms with Crippen LogP contribution < -0.4 is 5.73 Å². The molecular weight excluding hydrogens is 253 g/mol. The van der Waals surface area contributed by atoms with Gasteiger partial charge in [0.25, 0.3) is 0 Å². The average Bonchev–Trinajstić information content (AvgIpc) is 2.76. The first-order valence-corrected chi connectivity index (χ1v) is 6.19. The highest BCUT2D eigenvalue weighted by Crippen LogP contribution is 2.22. The summed E-state index contributed by atoms with van der Waals surface area (Å²) in [4.78, 5) is 0. The van der Waals surface area contributed by atoms with E-state index in [0.29, 0.717) is 17.0 Å². The molecule has 0 radical (unpaired) electrons. The van der Waals surface area contributed by atoms with Gasteiger partial charge < -0.3 is 5.73 Å². The van der Waals surface area contributed by atoms with Crippen molar-refractivity contribution >= 4 is 11.6 Å². The lowest BCUT2D eigenvalue weighted by molar-refractivity contribution is 0.580. The summed E-state index contributed by atoms with van der Waals surface area (Å²) in [6.45, 7) is 2.82. The maximum atomic E-state index is 13.7. The summed E-state index contributed by atoms with van der Waals surface area (Å²) in [6, 6.07) is 4.17. The molecule has 0 amide bonds. The molecule has 1 unspecified atom stereocenters. The Kier molecular flexibility index (Phi) is 3.99. The monoisotopic (exact) mass is 267 g/mol. The third kappa shape index (κ3) is 2.89. The van der Waals surface area contributed by atoms with Crippen LogP contribution in [0.1, 0.15) is 24.1 Å². The molecule has 5 heteroatoms. The van der Waals surface area contributed by atoms with E-state index in [1.165, 1.54) is 6.07 Å². The first-order chi connectivity index (χ1) is 8.60. The smallest absolute Gasteiger partial charge is 0.129 e. The molecule has 1 aromatic carbocycles. The van der Waals surface area contributed by atoms with Crippen LogP contribution >= 0.6 is 11.6 Å². The first-order valence-electron chi connectivity index (χ1n) is 5.82. The minimum atomic E-state index is -0.392. The molecule has 0 saturated heterocycles. The van der Waals surface area contributed by atoms with E-state index in [4.69, 9.17) is 17.3 Å². The molecule has 96 valence electrons. The standard InChI is InChI=1S/C13H15ClFN3/c1-2-18-8-9(7-17-18)5-13(16)11-4-3-10(14)6-12(11)15/h3-4,6-8,13H,2,5,16H2,1H3. The van der Waals surface area contributed by atoms with Crippen molar-refractivity contribution in [3.05, 3.63) is 52.6 Å². The van der Waals surface area contributed by atoms with Crippen molar-refractivity contribution in [1.29, 1.82) is 0 Å². The molecule has 2 N–H and O–H groups in total. The van der Waals surface area contributed by atoms with Crippen LogP contribution in [0.2, 0.25) is 5.02 Å². The fourth-order valence-corrected chi connectivity index (χ4v) is 2.01. The molecule has 2 aromatic rings. The highest BCUT2D eigenvalue weighted by atomic mass is 35.5. The highest BCUT2D eigenvalue weighted by Gasteiger charge is 2.13. The number of nitrogens with zero attached hydrogens (tertiary/aromatic N) is 2. The van der Waals surface area contributed by atoms with Crippen LogP contribution in [-0.2, 0) is 13.0 Å². The third-order valence-electron chi connectivity index (χ3n) is 2.83. The summed E-state index contributed by atoms with van der Waals surface area (Å²) in [5, 5.41) is 4.54. The Morgan fingerprint density at radius 1 is 1.50 bits per heavy atom. The number of hydrogen-bond acceptors (Lipinski definition) is 2. The lowest BCUT2D eigenvalue weighted by Crippen LogP contribution is -2.14. The molecule has 18 heavy (non-hydrogen) atoms. The van der Waals surface area contributed by atoms with E-state index < -0.39 is 6.04 Å². The van der Waals surface area contributed by atoms with Crippen LogP contribution in [0.3, 0.4) is 0 Å². The Bertz CT molecular complexity index is 539. The number of nitrogens with two attached hydrogens (primary N) is 1. The Labute approximate surface area is 110 Å². The van der Waals surface area contributed by atoms with Crippen molar-refractivity contribution in [2.75, 3.05) is 0 Å². The van der Waals surface area contributed by atoms with Gasteiger partial charge >= 0.3 is 0 Å². The predicted molar refractivity (Wildman–Crippen MR) is 69.9 cm³/mol. The quantitative estimate of drug-likeness (QED) is 0.926. The number of halogens is 2. The van der Waals surface area contributed by atoms with Gasteiger partial charge in [0.05, 0.1) is 6.20 Å². The van der Waals surface area contributed by atoms with Crippen molar-refractivity contribution < 1.29 is 4.39 Å². The van der Waals surface area contributed by atoms with E-state index in [9.17, 15) is 4.39 Å². The predicted octanol–water partition coefficient (Wildman–Crippen LogP) is 2.94. The number of aryl methyl sites for hydroxylation is 1. The normalized spacial score (nSPS) is 12.7. The van der Waals surface area contributed by atoms with E-state index in [-0.39, 0.29) is 5.82 Å². The van der Waals surface area contributed by atoms with Crippen LogP contribution in [0.5, 0.6) is 0 Å². The Hall–Kier alpha value is -1.39. The molecule has 1 aromatic heterocycles. The van der Waals surface area contributed by atoms with Gasteiger partial charge in [0, 0.05) is 29.4 Å². The largest absolute Gasteiger partial charge is 0.324 e. The minimum absolute atomic E-state index is 0.363. The molecule has 1 atom stereocenters. The lowest BCUT2D eigenvalue weighted by atomic mass is 10.0. The summed E-state index contributed by atoms with van der Waals surface area (Å²) in [5.74, 6) is -0.363. The van der Waals surface area contributed by atoms with Crippen molar-refractivity contribution in [3.8, 4) is 0 Å². The molecule has 0 saturated carbocycles. The molecule has 3 nitrogen and oxygen atoms in total. The summed E-state index contributed by atoms with van der Waals surface area (Å²) < 4.78 is 15.5. The summed E-state index contributed by atoms with van der Waals surface area (Å²) in [6.07, 6.45) is 4.24. The van der Waals surface area contributed by atoms with Crippen LogP contribution in [0.4, 0.5) is 4.39 Å². The van der Waals surface area contributed by atoms with Crippen LogP contribution in [0.15, 0.2) is 30.6 Å². The number of benzene rings is 1. The molecule has 1 heterocycles. The summed E-state index contributed by atoms with van der Waals surface area (Å²) in [5.41, 5.74) is 7.48. The SMILES string of the molecule is CCn1cc(CC(N)c2ccc(Cl)cc2F)cn1. The molecular formula is C13H15ClFN3. The summed E-state index contributed by atoms with van der Waals surface area (Å²) >= 11 is 5.71. The molecule has 0 fully saturated rings. The van der Waals surface area contributed by atoms with Crippen LogP contribution in [-0.4, -0.2) is 9.78 Å². The van der Waals surface area contributed by atoms with Crippen LogP contribution in [0.25, 0.3) is 0 Å². The molecule has 0 aliphatic rings. The van der Waals surface area contributed by atoms with E-state index in [1.54, 1.807) is 18.3 Å². The molecule has 2 rings (SSSR count). The van der Waals surface area contributed by atoms with Gasteiger partial charge in [-0.1, -0.05) is 17.7 Å². The molecule has 0 aliphatic carbocycles. The van der Waals surface area contributed by atoms with Crippen molar-refractivity contribution in [1.82, 2.24) is 9.78 Å². The van der Waals surface area contributed by atoms with Gasteiger partial charge in [-0.15, -0.1) is 0 Å². The Morgan fingerprint density at radius 2 is 2.28 bits per heavy atom. The molecule has 0 spiro atoms. The number of hydrogen-bond donors (Lipinski definition) is 1. The lowest BCUT2D eigenvalue weighted by Gasteiger charge is -2.12. The average molecular weight is 268 g/mol. The second kappa shape index (κ2) is 5.50. The fraction of sp³-hybridized carbons (Fsp3) is 0.308. The first kappa shape index (κ1) is 13.1. The van der Waals surface area contributed by atoms with E-state index >= 15 is 0 Å². The second-order valence-electron chi connectivity index (χ2n) is 4.18. The maximum Gasteiger partial charge on any atom is 0.129 e. The Balaban J connectivity index is 2.13. The zero-order valence-electron chi connectivity index (χ0n) is 10.1. The topological polar surface area (TPSA) is 43.8 Å². The zero-order valence-corrected chi connectivity index (χ0v) is 10.9. The van der Waals surface area contributed by atoms with Crippen molar-refractivity contribution in [3.63, 3.8) is 0 Å². The number of rotatable bonds is 4. The van der Waals surface area contributed by atoms with Gasteiger partial charge in [-0.3, -0.25) is 4.68 Å². The second-order valence-corrected chi connectivity index (χ2v) is 4.62. The van der Waals surface area contributed by atoms with Gasteiger partial charge in [-0.05, 0) is 31.0 Å². The Morgan fingerprint density at radius 3 is 2.89 bits per heavy atom. The minimum Gasteiger partial charge on any atom is -0.324 e. The van der Waals surface area contributed by atoms with Gasteiger partial charge in [0.2, 0.25) is 0 Å². The third-order valence-corrected chi connectivity index (χ3v) is 3.06.